The summed E-state index contributed by atoms with van der Waals surface area (Å²) in [6, 6.07) is 15.5. The molecule has 2 aromatic rings. The first kappa shape index (κ1) is 20.2. The molecule has 0 fully saturated rings. The predicted molar refractivity (Wildman–Crippen MR) is 116 cm³/mol. The quantitative estimate of drug-likeness (QED) is 0.521. The maximum absolute atomic E-state index is 10.2. The number of phenolic OH excluding ortho intramolecular Hbond substituents is 1. The van der Waals surface area contributed by atoms with Gasteiger partial charge in [0.15, 0.2) is 0 Å². The molecule has 0 heterocycles. The number of aliphatic imine (C=N–C) groups is 1. The Morgan fingerprint density at radius 1 is 1.15 bits per heavy atom. The topological polar surface area (TPSA) is 68.5 Å². The second-order valence-electron chi connectivity index (χ2n) is 6.59. The van der Waals surface area contributed by atoms with E-state index in [2.05, 4.69) is 41.5 Å². The molecule has 4 nitrogen and oxygen atoms in total. The van der Waals surface area contributed by atoms with Gasteiger partial charge in [-0.15, -0.1) is 0 Å². The lowest BCUT2D eigenvalue weighted by Gasteiger charge is -2.10. The van der Waals surface area contributed by atoms with E-state index in [1.807, 2.05) is 39.9 Å². The molecule has 0 bridgehead atoms. The molecule has 0 saturated carbocycles. The standard InChI is InChI=1S/C22H26BN3O/c1-15-8-10-18(11-9-15)14-25-16(2)12-21(26-17(3)20(23)13-24)19-6-4-5-7-22(19)27/h4-13,24-25,27H,14,23H2,1-3H3/b16-12+,20-17-,24-13?,26-21+. The van der Waals surface area contributed by atoms with Gasteiger partial charge >= 0.3 is 0 Å². The van der Waals surface area contributed by atoms with E-state index in [1.165, 1.54) is 17.3 Å². The molecule has 3 N–H and O–H groups in total. The summed E-state index contributed by atoms with van der Waals surface area (Å²) >= 11 is 0. The maximum atomic E-state index is 10.2. The summed E-state index contributed by atoms with van der Waals surface area (Å²) in [6.07, 6.45) is 3.21. The van der Waals surface area contributed by atoms with Crippen molar-refractivity contribution in [3.8, 4) is 5.75 Å². The van der Waals surface area contributed by atoms with Gasteiger partial charge in [0.05, 0.1) is 5.71 Å². The van der Waals surface area contributed by atoms with Crippen LogP contribution in [0.1, 0.15) is 30.5 Å². The Bertz CT molecular complexity index is 896. The molecule has 2 rings (SSSR count). The van der Waals surface area contributed by atoms with Crippen molar-refractivity contribution in [2.75, 3.05) is 0 Å². The van der Waals surface area contributed by atoms with Gasteiger partial charge in [-0.2, -0.15) is 0 Å². The number of aryl methyl sites for hydroxylation is 1. The highest BCUT2D eigenvalue weighted by Crippen LogP contribution is 2.19. The van der Waals surface area contributed by atoms with Crippen LogP contribution < -0.4 is 5.32 Å². The Labute approximate surface area is 162 Å². The van der Waals surface area contributed by atoms with Crippen LogP contribution in [0, 0.1) is 12.3 Å². The zero-order valence-corrected chi connectivity index (χ0v) is 16.4. The monoisotopic (exact) mass is 359 g/mol. The first-order valence-electron chi connectivity index (χ1n) is 8.93. The lowest BCUT2D eigenvalue weighted by molar-refractivity contribution is 0.474. The van der Waals surface area contributed by atoms with Gasteiger partial charge < -0.3 is 15.8 Å². The second kappa shape index (κ2) is 9.58. The number of hydrogen-bond acceptors (Lipinski definition) is 4. The number of para-hydroxylation sites is 1. The Morgan fingerprint density at radius 3 is 2.44 bits per heavy atom. The van der Waals surface area contributed by atoms with Crippen molar-refractivity contribution >= 4 is 19.8 Å². The molecule has 0 amide bonds. The van der Waals surface area contributed by atoms with E-state index in [-0.39, 0.29) is 5.75 Å². The fourth-order valence-electron chi connectivity index (χ4n) is 2.44. The Balaban J connectivity index is 2.31. The Kier molecular flexibility index (Phi) is 7.18. The summed E-state index contributed by atoms with van der Waals surface area (Å²) in [5.41, 5.74) is 6.21. The van der Waals surface area contributed by atoms with Crippen LogP contribution in [0.5, 0.6) is 5.75 Å². The first-order chi connectivity index (χ1) is 12.9. The number of nitrogens with zero attached hydrogens (tertiary/aromatic N) is 1. The van der Waals surface area contributed by atoms with Gasteiger partial charge in [-0.25, -0.2) is 0 Å². The minimum absolute atomic E-state index is 0.180. The average Bonchev–Trinajstić information content (AvgIpc) is 2.66. The van der Waals surface area contributed by atoms with Crippen molar-refractivity contribution in [1.29, 1.82) is 5.41 Å². The van der Waals surface area contributed by atoms with Crippen LogP contribution in [0.3, 0.4) is 0 Å². The van der Waals surface area contributed by atoms with Gasteiger partial charge in [0.25, 0.3) is 0 Å². The van der Waals surface area contributed by atoms with E-state index in [0.29, 0.717) is 17.8 Å². The van der Waals surface area contributed by atoms with Crippen molar-refractivity contribution in [2.45, 2.75) is 27.3 Å². The molecule has 138 valence electrons. The minimum atomic E-state index is 0.180. The molecule has 0 unspecified atom stereocenters. The number of benzene rings is 2. The summed E-state index contributed by atoms with van der Waals surface area (Å²) in [5, 5.41) is 21.1. The number of rotatable bonds is 7. The predicted octanol–water partition coefficient (Wildman–Crippen LogP) is 3.70. The molecule has 0 saturated heterocycles. The third-order valence-electron chi connectivity index (χ3n) is 4.30. The molecule has 2 aromatic carbocycles. The fraction of sp³-hybridized carbons (Fsp3) is 0.182. The zero-order valence-electron chi connectivity index (χ0n) is 16.4. The molecule has 0 aliphatic rings. The molecule has 0 aliphatic carbocycles. The van der Waals surface area contributed by atoms with Gasteiger partial charge in [0.2, 0.25) is 0 Å². The highest BCUT2D eigenvalue weighted by molar-refractivity contribution is 6.33. The zero-order chi connectivity index (χ0) is 19.8. The number of hydrogen-bond donors (Lipinski definition) is 3. The number of phenols is 1. The summed E-state index contributed by atoms with van der Waals surface area (Å²) < 4.78 is 0. The number of aromatic hydroxyl groups is 1. The fourth-order valence-corrected chi connectivity index (χ4v) is 2.44. The summed E-state index contributed by atoms with van der Waals surface area (Å²) in [5.74, 6) is 0.180. The van der Waals surface area contributed by atoms with Gasteiger partial charge in [-0.3, -0.25) is 4.99 Å². The van der Waals surface area contributed by atoms with E-state index >= 15 is 0 Å². The van der Waals surface area contributed by atoms with E-state index in [4.69, 9.17) is 5.41 Å². The SMILES string of the molecule is B\C(C=N)=C(C)/N=C(\C=C(/C)NCc1ccc(C)cc1)c1ccccc1O. The molecule has 0 aliphatic heterocycles. The van der Waals surface area contributed by atoms with Crippen LogP contribution in [0.4, 0.5) is 0 Å². The van der Waals surface area contributed by atoms with Gasteiger partial charge in [0, 0.05) is 29.7 Å². The van der Waals surface area contributed by atoms with Crippen LogP contribution in [0.25, 0.3) is 0 Å². The number of nitrogens with one attached hydrogen (secondary N) is 2. The van der Waals surface area contributed by atoms with E-state index < -0.39 is 0 Å². The average molecular weight is 359 g/mol. The van der Waals surface area contributed by atoms with E-state index in [0.717, 1.165) is 16.9 Å². The molecule has 0 spiro atoms. The summed E-state index contributed by atoms with van der Waals surface area (Å²) in [7, 11) is 1.85. The maximum Gasteiger partial charge on any atom is 0.143 e. The van der Waals surface area contributed by atoms with Crippen LogP contribution in [-0.4, -0.2) is 24.9 Å². The molecule has 27 heavy (non-hydrogen) atoms. The third kappa shape index (κ3) is 5.99. The van der Waals surface area contributed by atoms with Crippen molar-refractivity contribution in [1.82, 2.24) is 5.32 Å². The Morgan fingerprint density at radius 2 is 1.81 bits per heavy atom. The molecule has 0 atom stereocenters. The lowest BCUT2D eigenvalue weighted by Crippen LogP contribution is -2.12. The lowest BCUT2D eigenvalue weighted by atomic mass is 9.95. The van der Waals surface area contributed by atoms with Crippen molar-refractivity contribution in [3.05, 3.63) is 88.2 Å². The summed E-state index contributed by atoms with van der Waals surface area (Å²) in [4.78, 5) is 4.65. The molecule has 0 radical (unpaired) electrons. The van der Waals surface area contributed by atoms with Crippen molar-refractivity contribution in [2.24, 2.45) is 4.99 Å². The second-order valence-corrected chi connectivity index (χ2v) is 6.59. The first-order valence-corrected chi connectivity index (χ1v) is 8.93. The molecule has 0 aromatic heterocycles. The molecular weight excluding hydrogens is 333 g/mol. The van der Waals surface area contributed by atoms with Gasteiger partial charge in [-0.1, -0.05) is 47.4 Å². The van der Waals surface area contributed by atoms with Crippen LogP contribution in [0.15, 0.2) is 76.5 Å². The van der Waals surface area contributed by atoms with Crippen LogP contribution in [0.2, 0.25) is 0 Å². The van der Waals surface area contributed by atoms with E-state index in [9.17, 15) is 5.11 Å². The summed E-state index contributed by atoms with van der Waals surface area (Å²) in [6.45, 7) is 6.63. The normalized spacial score (nSPS) is 13.1. The van der Waals surface area contributed by atoms with Crippen molar-refractivity contribution < 1.29 is 5.11 Å². The highest BCUT2D eigenvalue weighted by Gasteiger charge is 2.08. The van der Waals surface area contributed by atoms with Gasteiger partial charge in [-0.05, 0) is 44.5 Å². The van der Waals surface area contributed by atoms with E-state index in [1.54, 1.807) is 12.1 Å². The largest absolute Gasteiger partial charge is 0.507 e. The molecular formula is C22H26BN3O. The van der Waals surface area contributed by atoms with Crippen molar-refractivity contribution in [3.63, 3.8) is 0 Å². The molecule has 5 heteroatoms. The smallest absolute Gasteiger partial charge is 0.143 e. The third-order valence-corrected chi connectivity index (χ3v) is 4.30. The minimum Gasteiger partial charge on any atom is -0.507 e. The highest BCUT2D eigenvalue weighted by atomic mass is 16.3. The number of allylic oxidation sites excluding steroid dienone is 4. The van der Waals surface area contributed by atoms with Crippen LogP contribution >= 0.6 is 0 Å². The Hall–Kier alpha value is -3.08. The van der Waals surface area contributed by atoms with Crippen LogP contribution in [-0.2, 0) is 6.54 Å². The van der Waals surface area contributed by atoms with Gasteiger partial charge in [0.1, 0.15) is 13.6 Å².